The highest BCUT2D eigenvalue weighted by molar-refractivity contribution is 6.03. The van der Waals surface area contributed by atoms with Gasteiger partial charge in [0.2, 0.25) is 0 Å². The molecular formula is C16H14F2N2O. The maximum absolute atomic E-state index is 13.2. The maximum atomic E-state index is 13.2. The van der Waals surface area contributed by atoms with E-state index in [1.165, 1.54) is 6.07 Å². The second kappa shape index (κ2) is 5.16. The van der Waals surface area contributed by atoms with E-state index in [2.05, 4.69) is 5.32 Å². The highest BCUT2D eigenvalue weighted by atomic mass is 19.2. The second-order valence-corrected chi connectivity index (χ2v) is 5.11. The van der Waals surface area contributed by atoms with Gasteiger partial charge in [0.25, 0.3) is 0 Å². The molecule has 2 amide bonds. The monoisotopic (exact) mass is 288 g/mol. The Bertz CT molecular complexity index is 702. The summed E-state index contributed by atoms with van der Waals surface area (Å²) in [5.74, 6) is -1.92. The number of hydrogen-bond donors (Lipinski definition) is 1. The zero-order chi connectivity index (χ0) is 15.0. The molecule has 0 saturated carbocycles. The van der Waals surface area contributed by atoms with E-state index in [9.17, 15) is 13.6 Å². The molecule has 3 rings (SSSR count). The van der Waals surface area contributed by atoms with E-state index in [1.807, 2.05) is 31.2 Å². The van der Waals surface area contributed by atoms with Gasteiger partial charge in [0.15, 0.2) is 11.6 Å². The summed E-state index contributed by atoms with van der Waals surface area (Å²) in [5, 5.41) is 2.60. The molecule has 0 spiro atoms. The Balaban J connectivity index is 1.84. The fourth-order valence-corrected chi connectivity index (χ4v) is 2.63. The highest BCUT2D eigenvalue weighted by Crippen LogP contribution is 2.32. The Labute approximate surface area is 121 Å². The van der Waals surface area contributed by atoms with Crippen molar-refractivity contribution in [2.24, 2.45) is 0 Å². The summed E-state index contributed by atoms with van der Waals surface area (Å²) in [5.41, 5.74) is 2.19. The normalized spacial score (nSPS) is 16.7. The van der Waals surface area contributed by atoms with Crippen molar-refractivity contribution in [1.29, 1.82) is 0 Å². The summed E-state index contributed by atoms with van der Waals surface area (Å²) in [4.78, 5) is 14.0. The average Bonchev–Trinajstić information content (AvgIpc) is 2.78. The molecule has 2 aromatic rings. The smallest absolute Gasteiger partial charge is 0.307 e. The number of rotatable bonds is 1. The van der Waals surface area contributed by atoms with Gasteiger partial charge < -0.3 is 5.32 Å². The van der Waals surface area contributed by atoms with Gasteiger partial charge in [0.05, 0.1) is 0 Å². The summed E-state index contributed by atoms with van der Waals surface area (Å²) in [6.07, 6.45) is 0.779. The van der Waals surface area contributed by atoms with E-state index >= 15 is 0 Å². The number of carbonyl (C=O) groups is 1. The Morgan fingerprint density at radius 2 is 1.95 bits per heavy atom. The van der Waals surface area contributed by atoms with Crippen molar-refractivity contribution >= 4 is 17.4 Å². The van der Waals surface area contributed by atoms with Crippen LogP contribution in [-0.4, -0.2) is 12.1 Å². The van der Waals surface area contributed by atoms with Crippen LogP contribution in [0.2, 0.25) is 0 Å². The molecule has 0 saturated heterocycles. The number of amides is 2. The summed E-state index contributed by atoms with van der Waals surface area (Å²) in [7, 11) is 0. The van der Waals surface area contributed by atoms with Gasteiger partial charge in [-0.05, 0) is 37.1 Å². The third-order valence-electron chi connectivity index (χ3n) is 3.60. The number of halogens is 2. The van der Waals surface area contributed by atoms with Crippen LogP contribution in [0.15, 0.2) is 42.5 Å². The van der Waals surface area contributed by atoms with Crippen LogP contribution in [0.5, 0.6) is 0 Å². The Morgan fingerprint density at radius 1 is 1.19 bits per heavy atom. The lowest BCUT2D eigenvalue weighted by Gasteiger charge is -2.23. The molecule has 21 heavy (non-hydrogen) atoms. The maximum Gasteiger partial charge on any atom is 0.326 e. The third kappa shape index (κ3) is 2.46. The van der Waals surface area contributed by atoms with Gasteiger partial charge in [0.1, 0.15) is 0 Å². The number of anilines is 2. The van der Waals surface area contributed by atoms with Crippen molar-refractivity contribution in [3.05, 3.63) is 59.7 Å². The van der Waals surface area contributed by atoms with E-state index in [0.717, 1.165) is 29.8 Å². The minimum Gasteiger partial charge on any atom is -0.307 e. The van der Waals surface area contributed by atoms with Crippen molar-refractivity contribution < 1.29 is 13.6 Å². The molecule has 3 nitrogen and oxygen atoms in total. The molecular weight excluding hydrogens is 274 g/mol. The number of urea groups is 1. The molecule has 0 radical (unpaired) electrons. The Morgan fingerprint density at radius 3 is 2.71 bits per heavy atom. The van der Waals surface area contributed by atoms with Crippen molar-refractivity contribution in [3.63, 3.8) is 0 Å². The number of nitrogens with zero attached hydrogens (tertiary/aromatic N) is 1. The van der Waals surface area contributed by atoms with Crippen LogP contribution in [-0.2, 0) is 6.42 Å². The van der Waals surface area contributed by atoms with Gasteiger partial charge in [-0.25, -0.2) is 13.6 Å². The summed E-state index contributed by atoms with van der Waals surface area (Å²) >= 11 is 0. The van der Waals surface area contributed by atoms with Crippen LogP contribution < -0.4 is 10.2 Å². The second-order valence-electron chi connectivity index (χ2n) is 5.11. The first-order valence-corrected chi connectivity index (χ1v) is 6.69. The largest absolute Gasteiger partial charge is 0.326 e. The van der Waals surface area contributed by atoms with E-state index in [0.29, 0.717) is 0 Å². The SMILES string of the molecule is CC1Cc2ccccc2N1C(=O)Nc1ccc(F)c(F)c1. The van der Waals surface area contributed by atoms with Gasteiger partial charge in [-0.15, -0.1) is 0 Å². The third-order valence-corrected chi connectivity index (χ3v) is 3.60. The first-order valence-electron chi connectivity index (χ1n) is 6.69. The molecule has 1 aliphatic heterocycles. The zero-order valence-electron chi connectivity index (χ0n) is 11.4. The minimum absolute atomic E-state index is 0.0210. The van der Waals surface area contributed by atoms with Crippen LogP contribution in [0.3, 0.4) is 0 Å². The van der Waals surface area contributed by atoms with Crippen LogP contribution in [0.25, 0.3) is 0 Å². The highest BCUT2D eigenvalue weighted by Gasteiger charge is 2.30. The summed E-state index contributed by atoms with van der Waals surface area (Å²) in [6, 6.07) is 10.6. The van der Waals surface area contributed by atoms with Gasteiger partial charge >= 0.3 is 6.03 Å². The molecule has 0 aromatic heterocycles. The zero-order valence-corrected chi connectivity index (χ0v) is 11.4. The summed E-state index contributed by atoms with van der Waals surface area (Å²) in [6.45, 7) is 1.95. The van der Waals surface area contributed by atoms with E-state index in [-0.39, 0.29) is 17.8 Å². The lowest BCUT2D eigenvalue weighted by Crippen LogP contribution is -2.39. The molecule has 108 valence electrons. The predicted molar refractivity (Wildman–Crippen MR) is 77.5 cm³/mol. The summed E-state index contributed by atoms with van der Waals surface area (Å²) < 4.78 is 26.1. The average molecular weight is 288 g/mol. The van der Waals surface area contributed by atoms with Crippen LogP contribution >= 0.6 is 0 Å². The van der Waals surface area contributed by atoms with Crippen LogP contribution in [0.1, 0.15) is 12.5 Å². The van der Waals surface area contributed by atoms with Crippen molar-refractivity contribution in [2.45, 2.75) is 19.4 Å². The standard InChI is InChI=1S/C16H14F2N2O/c1-10-8-11-4-2-3-5-15(11)20(10)16(21)19-12-6-7-13(17)14(18)9-12/h2-7,9-10H,8H2,1H3,(H,19,21). The lowest BCUT2D eigenvalue weighted by atomic mass is 10.1. The van der Waals surface area contributed by atoms with E-state index in [4.69, 9.17) is 0 Å². The number of carbonyl (C=O) groups excluding carboxylic acids is 1. The van der Waals surface area contributed by atoms with Gasteiger partial charge in [-0.1, -0.05) is 18.2 Å². The predicted octanol–water partition coefficient (Wildman–Crippen LogP) is 3.95. The molecule has 0 bridgehead atoms. The molecule has 1 unspecified atom stereocenters. The van der Waals surface area contributed by atoms with Gasteiger partial charge in [-0.3, -0.25) is 4.90 Å². The van der Waals surface area contributed by atoms with Crippen molar-refractivity contribution in [3.8, 4) is 0 Å². The first kappa shape index (κ1) is 13.5. The number of hydrogen-bond acceptors (Lipinski definition) is 1. The van der Waals surface area contributed by atoms with Crippen LogP contribution in [0, 0.1) is 11.6 Å². The number of nitrogens with one attached hydrogen (secondary N) is 1. The van der Waals surface area contributed by atoms with E-state index in [1.54, 1.807) is 4.90 Å². The van der Waals surface area contributed by atoms with Crippen molar-refractivity contribution in [1.82, 2.24) is 0 Å². The molecule has 0 fully saturated rings. The Kier molecular flexibility index (Phi) is 3.33. The van der Waals surface area contributed by atoms with E-state index < -0.39 is 11.6 Å². The number of fused-ring (bicyclic) bond motifs is 1. The fourth-order valence-electron chi connectivity index (χ4n) is 2.63. The quantitative estimate of drug-likeness (QED) is 0.846. The van der Waals surface area contributed by atoms with Gasteiger partial charge in [0, 0.05) is 23.5 Å². The number of para-hydroxylation sites is 1. The fraction of sp³-hybridized carbons (Fsp3) is 0.188. The lowest BCUT2D eigenvalue weighted by molar-refractivity contribution is 0.256. The molecule has 0 aliphatic carbocycles. The molecule has 1 aliphatic rings. The topological polar surface area (TPSA) is 32.3 Å². The molecule has 2 aromatic carbocycles. The molecule has 5 heteroatoms. The molecule has 1 atom stereocenters. The number of benzene rings is 2. The van der Waals surface area contributed by atoms with Crippen LogP contribution in [0.4, 0.5) is 25.0 Å². The minimum atomic E-state index is -0.984. The van der Waals surface area contributed by atoms with Gasteiger partial charge in [-0.2, -0.15) is 0 Å². The molecule has 1 heterocycles. The first-order chi connectivity index (χ1) is 10.1. The van der Waals surface area contributed by atoms with Crippen molar-refractivity contribution in [2.75, 3.05) is 10.2 Å². The molecule has 1 N–H and O–H groups in total. The Hall–Kier alpha value is -2.43.